The molecule has 17 heavy (non-hydrogen) atoms. The van der Waals surface area contributed by atoms with E-state index in [0.29, 0.717) is 32.2 Å². The zero-order valence-corrected chi connectivity index (χ0v) is 9.91. The first kappa shape index (κ1) is 13.6. The van der Waals surface area contributed by atoms with Gasteiger partial charge in [-0.3, -0.25) is 24.7 Å². The fourth-order valence-electron chi connectivity index (χ4n) is 1.85. The number of nitrogens with two attached hydrogens (primary N) is 1. The van der Waals surface area contributed by atoms with Crippen molar-refractivity contribution in [1.82, 2.24) is 10.3 Å². The third kappa shape index (κ3) is 4.52. The molecule has 0 aromatic rings. The van der Waals surface area contributed by atoms with Crippen molar-refractivity contribution in [2.45, 2.75) is 44.9 Å². The molecule has 1 rings (SSSR count). The normalized spacial score (nSPS) is 16.2. The van der Waals surface area contributed by atoms with E-state index in [1.165, 1.54) is 4.90 Å². The van der Waals surface area contributed by atoms with Crippen LogP contribution in [0.25, 0.3) is 0 Å². The van der Waals surface area contributed by atoms with E-state index in [1.54, 1.807) is 0 Å². The van der Waals surface area contributed by atoms with Crippen LogP contribution in [-0.2, 0) is 14.4 Å². The average molecular weight is 241 g/mol. The first-order chi connectivity index (χ1) is 8.15. The highest BCUT2D eigenvalue weighted by Crippen LogP contribution is 2.13. The van der Waals surface area contributed by atoms with Gasteiger partial charge in [-0.15, -0.1) is 0 Å². The predicted octanol–water partition coefficient (Wildman–Crippen LogP) is 0.0758. The lowest BCUT2D eigenvalue weighted by Crippen LogP contribution is -2.40. The fourth-order valence-corrected chi connectivity index (χ4v) is 1.85. The highest BCUT2D eigenvalue weighted by Gasteiger charge is 2.24. The van der Waals surface area contributed by atoms with Crippen LogP contribution in [0.15, 0.2) is 0 Å². The van der Waals surface area contributed by atoms with Crippen LogP contribution in [0.5, 0.6) is 0 Å². The number of nitrogens with zero attached hydrogens (tertiary/aromatic N) is 1. The minimum absolute atomic E-state index is 0.0686. The quantitative estimate of drug-likeness (QED) is 0.226. The first-order valence-corrected chi connectivity index (χ1v) is 5.98. The van der Waals surface area contributed by atoms with E-state index in [1.807, 2.05) is 0 Å². The van der Waals surface area contributed by atoms with Crippen molar-refractivity contribution >= 4 is 17.7 Å². The van der Waals surface area contributed by atoms with Gasteiger partial charge in [0.25, 0.3) is 0 Å². The molecule has 0 bridgehead atoms. The van der Waals surface area contributed by atoms with Gasteiger partial charge in [0.1, 0.15) is 0 Å². The van der Waals surface area contributed by atoms with Gasteiger partial charge in [0.2, 0.25) is 17.7 Å². The van der Waals surface area contributed by atoms with Crippen LogP contribution in [0.4, 0.5) is 0 Å². The second-order valence-electron chi connectivity index (χ2n) is 4.17. The van der Waals surface area contributed by atoms with Gasteiger partial charge in [0, 0.05) is 25.8 Å². The second-order valence-corrected chi connectivity index (χ2v) is 4.17. The van der Waals surface area contributed by atoms with E-state index in [-0.39, 0.29) is 17.7 Å². The Bertz CT molecular complexity index is 288. The zero-order chi connectivity index (χ0) is 12.7. The lowest BCUT2D eigenvalue weighted by molar-refractivity contribution is -0.148. The highest BCUT2D eigenvalue weighted by molar-refractivity contribution is 5.97. The van der Waals surface area contributed by atoms with Crippen LogP contribution in [-0.4, -0.2) is 29.2 Å². The van der Waals surface area contributed by atoms with Crippen molar-refractivity contribution in [3.8, 4) is 0 Å². The van der Waals surface area contributed by atoms with Crippen LogP contribution in [0.1, 0.15) is 44.9 Å². The number of hydrazine groups is 1. The van der Waals surface area contributed by atoms with E-state index in [2.05, 4.69) is 5.43 Å². The second kappa shape index (κ2) is 7.01. The molecule has 1 heterocycles. The summed E-state index contributed by atoms with van der Waals surface area (Å²) in [6, 6.07) is 0. The molecule has 0 radical (unpaired) electrons. The van der Waals surface area contributed by atoms with E-state index >= 15 is 0 Å². The molecule has 0 atom stereocenters. The molecule has 1 fully saturated rings. The number of imide groups is 1. The molecular weight excluding hydrogens is 222 g/mol. The van der Waals surface area contributed by atoms with E-state index in [4.69, 9.17) is 5.84 Å². The maximum Gasteiger partial charge on any atom is 0.233 e. The van der Waals surface area contributed by atoms with Gasteiger partial charge < -0.3 is 0 Å². The van der Waals surface area contributed by atoms with Crippen LogP contribution >= 0.6 is 0 Å². The fraction of sp³-hybridized carbons (Fsp3) is 0.727. The van der Waals surface area contributed by atoms with Crippen LogP contribution in [0.2, 0.25) is 0 Å². The Kier molecular flexibility index (Phi) is 5.62. The number of amides is 3. The number of rotatable bonds is 6. The Morgan fingerprint density at radius 3 is 2.41 bits per heavy atom. The Balaban J connectivity index is 2.15. The number of carbonyl (C=O) groups excluding carboxylic acids is 3. The monoisotopic (exact) mass is 241 g/mol. The van der Waals surface area contributed by atoms with Crippen molar-refractivity contribution in [2.24, 2.45) is 5.84 Å². The van der Waals surface area contributed by atoms with Gasteiger partial charge in [0.05, 0.1) is 0 Å². The third-order valence-electron chi connectivity index (χ3n) is 2.83. The van der Waals surface area contributed by atoms with Crippen LogP contribution in [0.3, 0.4) is 0 Å². The van der Waals surface area contributed by atoms with Crippen molar-refractivity contribution in [2.75, 3.05) is 6.54 Å². The molecule has 1 saturated heterocycles. The molecule has 6 heteroatoms. The third-order valence-corrected chi connectivity index (χ3v) is 2.83. The van der Waals surface area contributed by atoms with Gasteiger partial charge in [0.15, 0.2) is 0 Å². The summed E-state index contributed by atoms with van der Waals surface area (Å²) < 4.78 is 0. The summed E-state index contributed by atoms with van der Waals surface area (Å²) in [7, 11) is 0. The van der Waals surface area contributed by atoms with Gasteiger partial charge in [-0.1, -0.05) is 6.42 Å². The maximum absolute atomic E-state index is 11.4. The Labute approximate surface area is 100 Å². The maximum atomic E-state index is 11.4. The topological polar surface area (TPSA) is 92.5 Å². The van der Waals surface area contributed by atoms with Crippen molar-refractivity contribution in [3.63, 3.8) is 0 Å². The number of hydrogen-bond acceptors (Lipinski definition) is 4. The van der Waals surface area contributed by atoms with Gasteiger partial charge in [-0.2, -0.15) is 0 Å². The summed E-state index contributed by atoms with van der Waals surface area (Å²) >= 11 is 0. The summed E-state index contributed by atoms with van der Waals surface area (Å²) in [4.78, 5) is 35.1. The molecule has 96 valence electrons. The summed E-state index contributed by atoms with van der Waals surface area (Å²) in [6.45, 7) is 0.474. The minimum atomic E-state index is -0.185. The molecule has 0 aliphatic carbocycles. The van der Waals surface area contributed by atoms with Crippen LogP contribution in [0, 0.1) is 0 Å². The number of hydrogen-bond donors (Lipinski definition) is 2. The Morgan fingerprint density at radius 2 is 1.82 bits per heavy atom. The molecule has 3 N–H and O–H groups in total. The average Bonchev–Trinajstić information content (AvgIpc) is 2.31. The highest BCUT2D eigenvalue weighted by atomic mass is 16.2. The molecule has 0 aromatic heterocycles. The number of piperidine rings is 1. The van der Waals surface area contributed by atoms with E-state index < -0.39 is 0 Å². The zero-order valence-electron chi connectivity index (χ0n) is 9.91. The lowest BCUT2D eigenvalue weighted by Gasteiger charge is -2.24. The number of nitrogens with one attached hydrogen (secondary N) is 1. The van der Waals surface area contributed by atoms with Crippen LogP contribution < -0.4 is 11.3 Å². The lowest BCUT2D eigenvalue weighted by atomic mass is 10.1. The molecule has 1 aliphatic rings. The summed E-state index contributed by atoms with van der Waals surface area (Å²) in [6.07, 6.45) is 4.28. The van der Waals surface area contributed by atoms with Crippen molar-refractivity contribution in [3.05, 3.63) is 0 Å². The van der Waals surface area contributed by atoms with Gasteiger partial charge >= 0.3 is 0 Å². The van der Waals surface area contributed by atoms with E-state index in [9.17, 15) is 14.4 Å². The minimum Gasteiger partial charge on any atom is -0.294 e. The summed E-state index contributed by atoms with van der Waals surface area (Å²) in [5.74, 6) is 4.62. The molecule has 3 amide bonds. The molecular formula is C11H19N3O3. The molecule has 0 spiro atoms. The SMILES string of the molecule is NNC(=O)CCCCCN1C(=O)CCCC1=O. The molecule has 0 unspecified atom stereocenters. The van der Waals surface area contributed by atoms with Gasteiger partial charge in [-0.25, -0.2) is 5.84 Å². The van der Waals surface area contributed by atoms with Crippen molar-refractivity contribution in [1.29, 1.82) is 0 Å². The number of likely N-dealkylation sites (tertiary alicyclic amines) is 1. The smallest absolute Gasteiger partial charge is 0.233 e. The Morgan fingerprint density at radius 1 is 1.18 bits per heavy atom. The van der Waals surface area contributed by atoms with E-state index in [0.717, 1.165) is 19.3 Å². The Hall–Kier alpha value is -1.43. The molecule has 1 aliphatic heterocycles. The number of carbonyl (C=O) groups is 3. The first-order valence-electron chi connectivity index (χ1n) is 5.98. The largest absolute Gasteiger partial charge is 0.294 e. The van der Waals surface area contributed by atoms with Gasteiger partial charge in [-0.05, 0) is 19.3 Å². The number of unbranched alkanes of at least 4 members (excludes halogenated alkanes) is 2. The molecule has 6 nitrogen and oxygen atoms in total. The molecule has 0 saturated carbocycles. The standard InChI is InChI=1S/C11H19N3O3/c12-13-9(15)5-2-1-3-8-14-10(16)6-4-7-11(14)17/h1-8,12H2,(H,13,15). The van der Waals surface area contributed by atoms with Crippen molar-refractivity contribution < 1.29 is 14.4 Å². The summed E-state index contributed by atoms with van der Waals surface area (Å²) in [5, 5.41) is 0. The molecule has 0 aromatic carbocycles. The summed E-state index contributed by atoms with van der Waals surface area (Å²) in [5.41, 5.74) is 2.06. The predicted molar refractivity (Wildman–Crippen MR) is 61.4 cm³/mol.